The topological polar surface area (TPSA) is 30.5 Å². The predicted octanol–water partition coefficient (Wildman–Crippen LogP) is 3.02. The molecule has 1 saturated heterocycles. The smallest absolute Gasteiger partial charge is 0.119 e. The molecule has 0 bridgehead atoms. The Bertz CT molecular complexity index is 354. The molecule has 1 aliphatic rings. The summed E-state index contributed by atoms with van der Waals surface area (Å²) in [6.07, 6.45) is 3.77. The Balaban J connectivity index is 0.00000180. The molecule has 0 radical (unpaired) electrons. The average molecular weight is 286 g/mol. The maximum Gasteiger partial charge on any atom is 0.119 e. The van der Waals surface area contributed by atoms with Crippen LogP contribution in [-0.2, 0) is 11.3 Å². The number of hydrogen-bond acceptors (Lipinski definition) is 3. The molecule has 0 aliphatic carbocycles. The molecule has 0 aromatic heterocycles. The van der Waals surface area contributed by atoms with E-state index in [2.05, 4.69) is 11.4 Å². The minimum absolute atomic E-state index is 0. The van der Waals surface area contributed by atoms with Gasteiger partial charge in [-0.1, -0.05) is 12.1 Å². The first kappa shape index (κ1) is 16.3. The number of methoxy groups -OCH3 is 1. The summed E-state index contributed by atoms with van der Waals surface area (Å²) in [6.45, 7) is 3.88. The van der Waals surface area contributed by atoms with Gasteiger partial charge in [0.25, 0.3) is 0 Å². The van der Waals surface area contributed by atoms with Crippen molar-refractivity contribution in [1.82, 2.24) is 5.32 Å². The molecule has 2 rings (SSSR count). The van der Waals surface area contributed by atoms with Crippen LogP contribution < -0.4 is 10.1 Å². The zero-order valence-corrected chi connectivity index (χ0v) is 12.4. The van der Waals surface area contributed by atoms with Crippen LogP contribution in [0.3, 0.4) is 0 Å². The summed E-state index contributed by atoms with van der Waals surface area (Å²) >= 11 is 0. The lowest BCUT2D eigenvalue weighted by atomic mass is 9.95. The normalized spacial score (nSPS) is 15.8. The van der Waals surface area contributed by atoms with E-state index >= 15 is 0 Å². The van der Waals surface area contributed by atoms with Crippen LogP contribution in [0.15, 0.2) is 24.3 Å². The van der Waals surface area contributed by atoms with Crippen molar-refractivity contribution in [2.45, 2.75) is 25.9 Å². The van der Waals surface area contributed by atoms with E-state index in [1.807, 2.05) is 18.2 Å². The first-order valence-corrected chi connectivity index (χ1v) is 6.80. The highest BCUT2D eigenvalue weighted by atomic mass is 35.5. The summed E-state index contributed by atoms with van der Waals surface area (Å²) in [6, 6.07) is 8.07. The molecule has 0 unspecified atom stereocenters. The second-order valence-corrected chi connectivity index (χ2v) is 4.89. The molecule has 19 heavy (non-hydrogen) atoms. The third-order valence-corrected chi connectivity index (χ3v) is 3.53. The quantitative estimate of drug-likeness (QED) is 0.815. The molecular weight excluding hydrogens is 262 g/mol. The summed E-state index contributed by atoms with van der Waals surface area (Å²) in [5.74, 6) is 1.74. The van der Waals surface area contributed by atoms with Gasteiger partial charge in [-0.2, -0.15) is 0 Å². The van der Waals surface area contributed by atoms with Gasteiger partial charge in [-0.15, -0.1) is 12.4 Å². The van der Waals surface area contributed by atoms with Gasteiger partial charge >= 0.3 is 0 Å². The van der Waals surface area contributed by atoms with Gasteiger partial charge < -0.3 is 14.8 Å². The molecule has 1 aromatic rings. The lowest BCUT2D eigenvalue weighted by molar-refractivity contribution is 0.102. The summed E-state index contributed by atoms with van der Waals surface area (Å²) in [7, 11) is 1.69. The monoisotopic (exact) mass is 285 g/mol. The van der Waals surface area contributed by atoms with Crippen LogP contribution in [0.1, 0.15) is 24.8 Å². The number of halogens is 1. The Morgan fingerprint density at radius 3 is 2.79 bits per heavy atom. The minimum Gasteiger partial charge on any atom is -0.497 e. The molecular formula is C15H24ClNO2. The fraction of sp³-hybridized carbons (Fsp3) is 0.600. The second-order valence-electron chi connectivity index (χ2n) is 4.89. The lowest BCUT2D eigenvalue weighted by Gasteiger charge is -2.22. The standard InChI is InChI=1S/C15H23NO2.ClH/c1-17-15-4-2-3-14(11-15)12-18-10-7-13-5-8-16-9-6-13;/h2-4,11,13,16H,5-10,12H2,1H3;1H. The van der Waals surface area contributed by atoms with E-state index < -0.39 is 0 Å². The number of hydrogen-bond donors (Lipinski definition) is 1. The van der Waals surface area contributed by atoms with Crippen LogP contribution in [0.25, 0.3) is 0 Å². The van der Waals surface area contributed by atoms with E-state index in [0.717, 1.165) is 18.3 Å². The van der Waals surface area contributed by atoms with Crippen LogP contribution in [0.4, 0.5) is 0 Å². The highest BCUT2D eigenvalue weighted by molar-refractivity contribution is 5.85. The van der Waals surface area contributed by atoms with Crippen molar-refractivity contribution in [2.24, 2.45) is 5.92 Å². The minimum atomic E-state index is 0. The summed E-state index contributed by atoms with van der Waals surface area (Å²) in [4.78, 5) is 0. The fourth-order valence-electron chi connectivity index (χ4n) is 2.37. The maximum absolute atomic E-state index is 5.75. The zero-order chi connectivity index (χ0) is 12.6. The zero-order valence-electron chi connectivity index (χ0n) is 11.6. The third-order valence-electron chi connectivity index (χ3n) is 3.53. The number of ether oxygens (including phenoxy) is 2. The number of piperidine rings is 1. The molecule has 4 heteroatoms. The predicted molar refractivity (Wildman–Crippen MR) is 80.1 cm³/mol. The Morgan fingerprint density at radius 2 is 2.05 bits per heavy atom. The molecule has 1 N–H and O–H groups in total. The Labute approximate surface area is 122 Å². The Morgan fingerprint density at radius 1 is 1.26 bits per heavy atom. The second kappa shape index (κ2) is 9.18. The molecule has 1 aliphatic heterocycles. The van der Waals surface area contributed by atoms with Crippen molar-refractivity contribution in [3.8, 4) is 5.75 Å². The van der Waals surface area contributed by atoms with Gasteiger partial charge in [0, 0.05) is 6.61 Å². The largest absolute Gasteiger partial charge is 0.497 e. The van der Waals surface area contributed by atoms with Gasteiger partial charge in [0.2, 0.25) is 0 Å². The van der Waals surface area contributed by atoms with Crippen molar-refractivity contribution >= 4 is 12.4 Å². The van der Waals surface area contributed by atoms with Crippen molar-refractivity contribution < 1.29 is 9.47 Å². The fourth-order valence-corrected chi connectivity index (χ4v) is 2.37. The van der Waals surface area contributed by atoms with Crippen LogP contribution in [-0.4, -0.2) is 26.8 Å². The Hall–Kier alpha value is -0.770. The van der Waals surface area contributed by atoms with E-state index in [0.29, 0.717) is 6.61 Å². The first-order chi connectivity index (χ1) is 8.88. The number of nitrogens with one attached hydrogen (secondary N) is 1. The number of rotatable bonds is 6. The van der Waals surface area contributed by atoms with Gasteiger partial charge in [0.05, 0.1) is 13.7 Å². The van der Waals surface area contributed by atoms with Gasteiger partial charge in [0.15, 0.2) is 0 Å². The summed E-state index contributed by atoms with van der Waals surface area (Å²) in [5, 5.41) is 3.39. The van der Waals surface area contributed by atoms with Crippen molar-refractivity contribution in [3.05, 3.63) is 29.8 Å². The first-order valence-electron chi connectivity index (χ1n) is 6.80. The van der Waals surface area contributed by atoms with E-state index in [1.54, 1.807) is 7.11 Å². The van der Waals surface area contributed by atoms with Crippen molar-refractivity contribution in [1.29, 1.82) is 0 Å². The van der Waals surface area contributed by atoms with E-state index in [1.165, 1.54) is 37.9 Å². The molecule has 0 atom stereocenters. The van der Waals surface area contributed by atoms with Gasteiger partial charge in [0.1, 0.15) is 5.75 Å². The summed E-state index contributed by atoms with van der Waals surface area (Å²) < 4.78 is 10.9. The third kappa shape index (κ3) is 5.81. The van der Waals surface area contributed by atoms with Crippen LogP contribution in [0.5, 0.6) is 5.75 Å². The van der Waals surface area contributed by atoms with Crippen LogP contribution in [0, 0.1) is 5.92 Å². The van der Waals surface area contributed by atoms with Crippen molar-refractivity contribution in [2.75, 3.05) is 26.8 Å². The van der Waals surface area contributed by atoms with Crippen LogP contribution >= 0.6 is 12.4 Å². The SMILES string of the molecule is COc1cccc(COCCC2CCNCC2)c1.Cl. The van der Waals surface area contributed by atoms with Crippen molar-refractivity contribution in [3.63, 3.8) is 0 Å². The van der Waals surface area contributed by atoms with E-state index in [-0.39, 0.29) is 12.4 Å². The lowest BCUT2D eigenvalue weighted by Crippen LogP contribution is -2.28. The molecule has 0 saturated carbocycles. The number of benzene rings is 1. The molecule has 0 spiro atoms. The molecule has 3 nitrogen and oxygen atoms in total. The molecule has 1 heterocycles. The maximum atomic E-state index is 5.75. The van der Waals surface area contributed by atoms with Gasteiger partial charge in [-0.05, 0) is 56.0 Å². The molecule has 108 valence electrons. The average Bonchev–Trinajstić information content (AvgIpc) is 2.45. The molecule has 0 amide bonds. The highest BCUT2D eigenvalue weighted by Crippen LogP contribution is 2.17. The molecule has 1 fully saturated rings. The highest BCUT2D eigenvalue weighted by Gasteiger charge is 2.12. The van der Waals surface area contributed by atoms with E-state index in [9.17, 15) is 0 Å². The van der Waals surface area contributed by atoms with Gasteiger partial charge in [-0.3, -0.25) is 0 Å². The van der Waals surface area contributed by atoms with Crippen LogP contribution in [0.2, 0.25) is 0 Å². The summed E-state index contributed by atoms with van der Waals surface area (Å²) in [5.41, 5.74) is 1.18. The molecule has 1 aromatic carbocycles. The van der Waals surface area contributed by atoms with E-state index in [4.69, 9.17) is 9.47 Å². The van der Waals surface area contributed by atoms with Gasteiger partial charge in [-0.25, -0.2) is 0 Å². The Kier molecular flexibility index (Phi) is 7.87.